The summed E-state index contributed by atoms with van der Waals surface area (Å²) in [5.74, 6) is 0.923. The minimum absolute atomic E-state index is 0.0298. The number of nitrogens with one attached hydrogen (secondary N) is 1. The van der Waals surface area contributed by atoms with Gasteiger partial charge in [-0.3, -0.25) is 4.79 Å². The Morgan fingerprint density at radius 1 is 1.12 bits per heavy atom. The Bertz CT molecular complexity index is 734. The quantitative estimate of drug-likeness (QED) is 0.820. The molecule has 5 nitrogen and oxygen atoms in total. The summed E-state index contributed by atoms with van der Waals surface area (Å²) >= 11 is 6.30. The highest BCUT2D eigenvalue weighted by Gasteiger charge is 2.18. The van der Waals surface area contributed by atoms with Crippen LogP contribution in [0.5, 0.6) is 11.5 Å². The third-order valence-electron chi connectivity index (χ3n) is 3.99. The summed E-state index contributed by atoms with van der Waals surface area (Å²) in [6.45, 7) is 0.434. The van der Waals surface area contributed by atoms with Crippen LogP contribution in [0.3, 0.4) is 0 Å². The van der Waals surface area contributed by atoms with Crippen LogP contribution in [0.2, 0.25) is 5.02 Å². The van der Waals surface area contributed by atoms with E-state index in [1.165, 1.54) is 0 Å². The Kier molecular flexibility index (Phi) is 6.67. The third kappa shape index (κ3) is 4.65. The Balaban J connectivity index is 2.13. The van der Waals surface area contributed by atoms with Crippen LogP contribution in [0.4, 0.5) is 0 Å². The van der Waals surface area contributed by atoms with Gasteiger partial charge in [0.25, 0.3) is 5.91 Å². The predicted molar refractivity (Wildman–Crippen MR) is 99.8 cm³/mol. The number of hydrogen-bond acceptors (Lipinski definition) is 4. The third-order valence-corrected chi connectivity index (χ3v) is 4.33. The van der Waals surface area contributed by atoms with Crippen LogP contribution < -0.4 is 14.8 Å². The zero-order valence-corrected chi connectivity index (χ0v) is 15.6. The first-order valence-corrected chi connectivity index (χ1v) is 8.26. The van der Waals surface area contributed by atoms with E-state index >= 15 is 0 Å². The van der Waals surface area contributed by atoms with Crippen LogP contribution in [-0.4, -0.2) is 45.7 Å². The topological polar surface area (TPSA) is 50.8 Å². The molecule has 0 spiro atoms. The van der Waals surface area contributed by atoms with Gasteiger partial charge in [0.05, 0.1) is 20.3 Å². The Morgan fingerprint density at radius 2 is 1.80 bits per heavy atom. The van der Waals surface area contributed by atoms with Crippen LogP contribution in [-0.2, 0) is 0 Å². The Labute approximate surface area is 153 Å². The molecule has 25 heavy (non-hydrogen) atoms. The van der Waals surface area contributed by atoms with E-state index in [-0.39, 0.29) is 11.9 Å². The molecule has 1 atom stereocenters. The van der Waals surface area contributed by atoms with E-state index in [9.17, 15) is 4.79 Å². The fourth-order valence-electron chi connectivity index (χ4n) is 2.58. The van der Waals surface area contributed by atoms with Gasteiger partial charge in [0.2, 0.25) is 0 Å². The van der Waals surface area contributed by atoms with Gasteiger partial charge >= 0.3 is 0 Å². The molecule has 0 aliphatic heterocycles. The molecule has 6 heteroatoms. The lowest BCUT2D eigenvalue weighted by Crippen LogP contribution is -2.34. The molecular weight excluding hydrogens is 340 g/mol. The average molecular weight is 363 g/mol. The molecule has 2 aromatic carbocycles. The zero-order chi connectivity index (χ0) is 18.4. The molecule has 2 aromatic rings. The van der Waals surface area contributed by atoms with Crippen molar-refractivity contribution in [1.29, 1.82) is 0 Å². The summed E-state index contributed by atoms with van der Waals surface area (Å²) in [5, 5.41) is 3.64. The molecule has 0 fully saturated rings. The van der Waals surface area contributed by atoms with E-state index in [1.807, 2.05) is 43.3 Å². The summed E-state index contributed by atoms with van der Waals surface area (Å²) in [6, 6.07) is 12.7. The van der Waals surface area contributed by atoms with Crippen molar-refractivity contribution < 1.29 is 14.3 Å². The second-order valence-electron chi connectivity index (χ2n) is 5.78. The first-order chi connectivity index (χ1) is 12.0. The second-order valence-corrected chi connectivity index (χ2v) is 6.19. The van der Waals surface area contributed by atoms with Crippen LogP contribution in [0.25, 0.3) is 0 Å². The lowest BCUT2D eigenvalue weighted by molar-refractivity contribution is 0.0941. The van der Waals surface area contributed by atoms with Crippen molar-refractivity contribution in [2.24, 2.45) is 0 Å². The number of hydrogen-bond donors (Lipinski definition) is 1. The molecular formula is C19H23ClN2O3. The minimum Gasteiger partial charge on any atom is -0.493 e. The number of ether oxygens (including phenoxy) is 2. The fraction of sp³-hybridized carbons (Fsp3) is 0.316. The van der Waals surface area contributed by atoms with Gasteiger partial charge in [-0.2, -0.15) is 0 Å². The zero-order valence-electron chi connectivity index (χ0n) is 14.9. The first-order valence-electron chi connectivity index (χ1n) is 7.89. The molecule has 0 bridgehead atoms. The molecule has 1 amide bonds. The molecule has 0 saturated carbocycles. The number of rotatable bonds is 7. The molecule has 0 saturated heterocycles. The number of carbonyl (C=O) groups is 1. The van der Waals surface area contributed by atoms with E-state index in [0.717, 1.165) is 5.56 Å². The summed E-state index contributed by atoms with van der Waals surface area (Å²) in [5.41, 5.74) is 1.48. The summed E-state index contributed by atoms with van der Waals surface area (Å²) in [7, 11) is 7.01. The van der Waals surface area contributed by atoms with Gasteiger partial charge in [-0.25, -0.2) is 0 Å². The monoisotopic (exact) mass is 362 g/mol. The molecule has 0 heterocycles. The van der Waals surface area contributed by atoms with Crippen molar-refractivity contribution in [2.75, 3.05) is 34.9 Å². The molecule has 2 rings (SSSR count). The summed E-state index contributed by atoms with van der Waals surface area (Å²) < 4.78 is 10.4. The smallest absolute Gasteiger partial charge is 0.251 e. The standard InChI is InChI=1S/C19H23ClN2O3/c1-22(2)16(14-7-5-6-8-15(14)20)12-21-19(23)13-9-10-17(24-3)18(11-13)25-4/h5-11,16H,12H2,1-4H3,(H,21,23). The Morgan fingerprint density at radius 3 is 2.40 bits per heavy atom. The lowest BCUT2D eigenvalue weighted by Gasteiger charge is -2.26. The van der Waals surface area contributed by atoms with Crippen molar-refractivity contribution in [2.45, 2.75) is 6.04 Å². The number of halogens is 1. The maximum atomic E-state index is 12.5. The van der Waals surface area contributed by atoms with Gasteiger partial charge in [0.1, 0.15) is 0 Å². The van der Waals surface area contributed by atoms with Crippen molar-refractivity contribution in [3.8, 4) is 11.5 Å². The van der Waals surface area contributed by atoms with Crippen molar-refractivity contribution >= 4 is 17.5 Å². The molecule has 1 N–H and O–H groups in total. The van der Waals surface area contributed by atoms with Crippen molar-refractivity contribution in [1.82, 2.24) is 10.2 Å². The van der Waals surface area contributed by atoms with Crippen molar-refractivity contribution in [3.63, 3.8) is 0 Å². The molecule has 134 valence electrons. The van der Waals surface area contributed by atoms with E-state index in [4.69, 9.17) is 21.1 Å². The van der Waals surface area contributed by atoms with Gasteiger partial charge in [-0.05, 0) is 43.9 Å². The van der Waals surface area contributed by atoms with E-state index in [0.29, 0.717) is 28.6 Å². The number of methoxy groups -OCH3 is 2. The van der Waals surface area contributed by atoms with E-state index < -0.39 is 0 Å². The maximum absolute atomic E-state index is 12.5. The fourth-order valence-corrected chi connectivity index (χ4v) is 2.85. The van der Waals surface area contributed by atoms with Crippen LogP contribution >= 0.6 is 11.6 Å². The van der Waals surface area contributed by atoms with Crippen LogP contribution in [0.15, 0.2) is 42.5 Å². The van der Waals surface area contributed by atoms with E-state index in [2.05, 4.69) is 5.32 Å². The lowest BCUT2D eigenvalue weighted by atomic mass is 10.1. The maximum Gasteiger partial charge on any atom is 0.251 e. The summed E-state index contributed by atoms with van der Waals surface area (Å²) in [6.07, 6.45) is 0. The highest BCUT2D eigenvalue weighted by Crippen LogP contribution is 2.28. The highest BCUT2D eigenvalue weighted by atomic mass is 35.5. The molecule has 0 aromatic heterocycles. The first kappa shape index (κ1) is 19.1. The minimum atomic E-state index is -0.181. The molecule has 0 aliphatic rings. The molecule has 1 unspecified atom stereocenters. The normalized spacial score (nSPS) is 11.9. The van der Waals surface area contributed by atoms with Crippen molar-refractivity contribution in [3.05, 3.63) is 58.6 Å². The summed E-state index contributed by atoms with van der Waals surface area (Å²) in [4.78, 5) is 14.5. The van der Waals surface area contributed by atoms with Gasteiger partial charge in [-0.1, -0.05) is 29.8 Å². The largest absolute Gasteiger partial charge is 0.493 e. The number of amides is 1. The van der Waals surface area contributed by atoms with Crippen LogP contribution in [0.1, 0.15) is 22.0 Å². The van der Waals surface area contributed by atoms with E-state index in [1.54, 1.807) is 32.4 Å². The Hall–Kier alpha value is -2.24. The van der Waals surface area contributed by atoms with Gasteiger partial charge in [0, 0.05) is 17.1 Å². The number of carbonyl (C=O) groups excluding carboxylic acids is 1. The number of benzene rings is 2. The van der Waals surface area contributed by atoms with Crippen LogP contribution in [0, 0.1) is 0 Å². The number of likely N-dealkylation sites (N-methyl/N-ethyl adjacent to an activating group) is 1. The van der Waals surface area contributed by atoms with Gasteiger partial charge in [-0.15, -0.1) is 0 Å². The molecule has 0 radical (unpaired) electrons. The average Bonchev–Trinajstić information content (AvgIpc) is 2.62. The van der Waals surface area contributed by atoms with Gasteiger partial charge in [0.15, 0.2) is 11.5 Å². The highest BCUT2D eigenvalue weighted by molar-refractivity contribution is 6.31. The second kappa shape index (κ2) is 8.74. The predicted octanol–water partition coefficient (Wildman–Crippen LogP) is 3.39. The number of nitrogens with zero attached hydrogens (tertiary/aromatic N) is 1. The van der Waals surface area contributed by atoms with Gasteiger partial charge < -0.3 is 19.7 Å². The molecule has 0 aliphatic carbocycles. The SMILES string of the molecule is COc1ccc(C(=O)NCC(c2ccccc2Cl)N(C)C)cc1OC.